The van der Waals surface area contributed by atoms with Gasteiger partial charge in [-0.15, -0.1) is 5.10 Å². The van der Waals surface area contributed by atoms with Crippen LogP contribution in [0, 0.1) is 0 Å². The molecular weight excluding hydrogens is 286 g/mol. The van der Waals surface area contributed by atoms with Gasteiger partial charge in [-0.3, -0.25) is 0 Å². The molecule has 0 aliphatic heterocycles. The molecule has 0 radical (unpaired) electrons. The Hall–Kier alpha value is -1.65. The van der Waals surface area contributed by atoms with Crippen LogP contribution in [0.25, 0.3) is 0 Å². The van der Waals surface area contributed by atoms with Gasteiger partial charge in [0.2, 0.25) is 5.88 Å². The maximum absolute atomic E-state index is 5.84. The number of benzene rings is 1. The van der Waals surface area contributed by atoms with Gasteiger partial charge >= 0.3 is 0 Å². The summed E-state index contributed by atoms with van der Waals surface area (Å²) in [6, 6.07) is 11.3. The zero-order chi connectivity index (χ0) is 15.3. The van der Waals surface area contributed by atoms with Gasteiger partial charge in [-0.25, -0.2) is 0 Å². The van der Waals surface area contributed by atoms with Gasteiger partial charge in [-0.05, 0) is 44.5 Å². The van der Waals surface area contributed by atoms with Crippen LogP contribution in [-0.4, -0.2) is 15.7 Å². The van der Waals surface area contributed by atoms with Crippen molar-refractivity contribution in [1.82, 2.24) is 15.5 Å². The van der Waals surface area contributed by atoms with E-state index in [0.29, 0.717) is 24.1 Å². The van der Waals surface area contributed by atoms with Crippen molar-refractivity contribution in [1.29, 1.82) is 0 Å². The van der Waals surface area contributed by atoms with Crippen LogP contribution >= 0.6 is 11.6 Å². The van der Waals surface area contributed by atoms with Crippen molar-refractivity contribution in [2.75, 3.05) is 0 Å². The van der Waals surface area contributed by atoms with Gasteiger partial charge in [0.05, 0.1) is 5.69 Å². The lowest BCUT2D eigenvalue weighted by molar-refractivity contribution is 0.289. The number of nitrogens with zero attached hydrogens (tertiary/aromatic N) is 2. The Morgan fingerprint density at radius 1 is 1.05 bits per heavy atom. The van der Waals surface area contributed by atoms with E-state index in [4.69, 9.17) is 16.3 Å². The largest absolute Gasteiger partial charge is 0.472 e. The average Bonchev–Trinajstić information content (AvgIpc) is 2.45. The van der Waals surface area contributed by atoms with E-state index in [-0.39, 0.29) is 5.54 Å². The first-order valence-electron chi connectivity index (χ1n) is 6.87. The molecule has 1 heterocycles. The van der Waals surface area contributed by atoms with Crippen LogP contribution in [0.3, 0.4) is 0 Å². The number of nitrogens with one attached hydrogen (secondary N) is 1. The highest BCUT2D eigenvalue weighted by Crippen LogP contribution is 2.12. The first-order chi connectivity index (χ1) is 9.92. The Balaban J connectivity index is 1.86. The minimum Gasteiger partial charge on any atom is -0.472 e. The molecule has 0 atom stereocenters. The van der Waals surface area contributed by atoms with Gasteiger partial charge in [0.25, 0.3) is 0 Å². The fourth-order valence-corrected chi connectivity index (χ4v) is 1.74. The van der Waals surface area contributed by atoms with Crippen LogP contribution in [0.2, 0.25) is 5.02 Å². The number of rotatable bonds is 5. The van der Waals surface area contributed by atoms with Crippen molar-refractivity contribution in [2.45, 2.75) is 39.5 Å². The van der Waals surface area contributed by atoms with E-state index in [1.807, 2.05) is 36.4 Å². The SMILES string of the molecule is CC(C)(C)NCc1ccc(OCc2ccc(Cl)cc2)nn1. The molecule has 112 valence electrons. The molecule has 0 bridgehead atoms. The monoisotopic (exact) mass is 305 g/mol. The number of hydrogen-bond donors (Lipinski definition) is 1. The Morgan fingerprint density at radius 2 is 1.76 bits per heavy atom. The lowest BCUT2D eigenvalue weighted by Crippen LogP contribution is -2.35. The van der Waals surface area contributed by atoms with Crippen LogP contribution in [0.1, 0.15) is 32.0 Å². The minimum atomic E-state index is 0.0609. The summed E-state index contributed by atoms with van der Waals surface area (Å²) in [5.74, 6) is 0.518. The third kappa shape index (κ3) is 5.69. The van der Waals surface area contributed by atoms with E-state index in [2.05, 4.69) is 36.3 Å². The van der Waals surface area contributed by atoms with E-state index in [0.717, 1.165) is 11.3 Å². The number of halogens is 1. The molecule has 1 aromatic carbocycles. The highest BCUT2D eigenvalue weighted by molar-refractivity contribution is 6.30. The quantitative estimate of drug-likeness (QED) is 0.917. The van der Waals surface area contributed by atoms with Crippen LogP contribution in [-0.2, 0) is 13.2 Å². The standard InChI is InChI=1S/C16H20ClN3O/c1-16(2,3)18-10-14-8-9-15(20-19-14)21-11-12-4-6-13(17)7-5-12/h4-9,18H,10-11H2,1-3H3. The zero-order valence-electron chi connectivity index (χ0n) is 12.6. The molecule has 2 aromatic rings. The van der Waals surface area contributed by atoms with E-state index in [9.17, 15) is 0 Å². The molecular formula is C16H20ClN3O. The molecule has 21 heavy (non-hydrogen) atoms. The summed E-state index contributed by atoms with van der Waals surface area (Å²) < 4.78 is 5.60. The summed E-state index contributed by atoms with van der Waals surface area (Å²) in [5, 5.41) is 12.3. The molecule has 4 nitrogen and oxygen atoms in total. The van der Waals surface area contributed by atoms with E-state index in [1.165, 1.54) is 0 Å². The fraction of sp³-hybridized carbons (Fsp3) is 0.375. The lowest BCUT2D eigenvalue weighted by Gasteiger charge is -2.19. The topological polar surface area (TPSA) is 47.0 Å². The van der Waals surface area contributed by atoms with Crippen molar-refractivity contribution >= 4 is 11.6 Å². The van der Waals surface area contributed by atoms with Crippen molar-refractivity contribution < 1.29 is 4.74 Å². The minimum absolute atomic E-state index is 0.0609. The number of hydrogen-bond acceptors (Lipinski definition) is 4. The molecule has 0 aliphatic carbocycles. The maximum atomic E-state index is 5.84. The number of ether oxygens (including phenoxy) is 1. The molecule has 0 saturated carbocycles. The maximum Gasteiger partial charge on any atom is 0.233 e. The lowest BCUT2D eigenvalue weighted by atomic mass is 10.1. The molecule has 0 fully saturated rings. The fourth-order valence-electron chi connectivity index (χ4n) is 1.61. The Morgan fingerprint density at radius 3 is 2.33 bits per heavy atom. The second-order valence-electron chi connectivity index (χ2n) is 5.88. The van der Waals surface area contributed by atoms with Gasteiger partial charge in [0.1, 0.15) is 6.61 Å². The molecule has 0 unspecified atom stereocenters. The molecule has 1 N–H and O–H groups in total. The molecule has 0 aliphatic rings. The zero-order valence-corrected chi connectivity index (χ0v) is 13.3. The summed E-state index contributed by atoms with van der Waals surface area (Å²) in [5.41, 5.74) is 1.99. The highest BCUT2D eigenvalue weighted by atomic mass is 35.5. The first-order valence-corrected chi connectivity index (χ1v) is 7.25. The van der Waals surface area contributed by atoms with Gasteiger partial charge < -0.3 is 10.1 Å². The second-order valence-corrected chi connectivity index (χ2v) is 6.32. The van der Waals surface area contributed by atoms with Gasteiger partial charge in [-0.1, -0.05) is 23.7 Å². The summed E-state index contributed by atoms with van der Waals surface area (Å²) in [6.07, 6.45) is 0. The third-order valence-electron chi connectivity index (χ3n) is 2.80. The van der Waals surface area contributed by atoms with E-state index >= 15 is 0 Å². The van der Waals surface area contributed by atoms with Gasteiger partial charge in [0.15, 0.2) is 0 Å². The van der Waals surface area contributed by atoms with Crippen LogP contribution in [0.15, 0.2) is 36.4 Å². The predicted molar refractivity (Wildman–Crippen MR) is 84.4 cm³/mol. The average molecular weight is 306 g/mol. The van der Waals surface area contributed by atoms with Crippen molar-refractivity contribution in [3.8, 4) is 5.88 Å². The molecule has 2 rings (SSSR count). The van der Waals surface area contributed by atoms with E-state index < -0.39 is 0 Å². The smallest absolute Gasteiger partial charge is 0.233 e. The summed E-state index contributed by atoms with van der Waals surface area (Å²) in [6.45, 7) is 7.48. The third-order valence-corrected chi connectivity index (χ3v) is 3.05. The van der Waals surface area contributed by atoms with Crippen LogP contribution < -0.4 is 10.1 Å². The summed E-state index contributed by atoms with van der Waals surface area (Å²) in [7, 11) is 0. The highest BCUT2D eigenvalue weighted by Gasteiger charge is 2.09. The molecule has 0 amide bonds. The normalized spacial score (nSPS) is 11.4. The number of aromatic nitrogens is 2. The van der Waals surface area contributed by atoms with Crippen molar-refractivity contribution in [3.05, 3.63) is 52.7 Å². The molecule has 1 aromatic heterocycles. The molecule has 0 saturated heterocycles. The van der Waals surface area contributed by atoms with Crippen LogP contribution in [0.5, 0.6) is 5.88 Å². The summed E-state index contributed by atoms with van der Waals surface area (Å²) in [4.78, 5) is 0. The van der Waals surface area contributed by atoms with Crippen LogP contribution in [0.4, 0.5) is 0 Å². The van der Waals surface area contributed by atoms with Crippen molar-refractivity contribution in [3.63, 3.8) is 0 Å². The summed E-state index contributed by atoms with van der Waals surface area (Å²) >= 11 is 5.84. The van der Waals surface area contributed by atoms with Gasteiger partial charge in [0, 0.05) is 23.2 Å². The predicted octanol–water partition coefficient (Wildman–Crippen LogP) is 3.60. The first kappa shape index (κ1) is 15.7. The van der Waals surface area contributed by atoms with Crippen molar-refractivity contribution in [2.24, 2.45) is 0 Å². The Bertz CT molecular complexity index is 562. The second kappa shape index (κ2) is 6.87. The Kier molecular flexibility index (Phi) is 5.15. The molecule has 5 heteroatoms. The van der Waals surface area contributed by atoms with Gasteiger partial charge in [-0.2, -0.15) is 5.10 Å². The van der Waals surface area contributed by atoms with E-state index in [1.54, 1.807) is 0 Å². The molecule has 0 spiro atoms. The Labute approximate surface area is 130 Å².